The van der Waals surface area contributed by atoms with Crippen LogP contribution in [0.25, 0.3) is 0 Å². The Morgan fingerprint density at radius 1 is 1.50 bits per heavy atom. The predicted octanol–water partition coefficient (Wildman–Crippen LogP) is 0.179. The van der Waals surface area contributed by atoms with Gasteiger partial charge in [-0.25, -0.2) is 0 Å². The fourth-order valence-corrected chi connectivity index (χ4v) is 0.780. The Labute approximate surface area is 59.8 Å². The highest BCUT2D eigenvalue weighted by Gasteiger charge is 1.97. The van der Waals surface area contributed by atoms with E-state index in [9.17, 15) is 0 Å². The maximum absolute atomic E-state index is 5.31. The van der Waals surface area contributed by atoms with Crippen molar-refractivity contribution in [1.82, 2.24) is 9.97 Å². The van der Waals surface area contributed by atoms with Gasteiger partial charge in [0.2, 0.25) is 0 Å². The summed E-state index contributed by atoms with van der Waals surface area (Å²) < 4.78 is 0.792. The van der Waals surface area contributed by atoms with Crippen LogP contribution in [-0.4, -0.2) is 9.97 Å². The van der Waals surface area contributed by atoms with Crippen molar-refractivity contribution in [1.29, 1.82) is 0 Å². The van der Waals surface area contributed by atoms with Crippen LogP contribution in [0.5, 0.6) is 0 Å². The van der Waals surface area contributed by atoms with Gasteiger partial charge in [0, 0.05) is 0 Å². The minimum absolute atomic E-state index is 0.368. The van der Waals surface area contributed by atoms with E-state index in [2.05, 4.69) is 9.97 Å². The molecule has 5 N–H and O–H groups in total. The molecule has 1 rings (SSSR count). The van der Waals surface area contributed by atoms with E-state index in [0.717, 1.165) is 3.70 Å². The molecule has 0 bridgehead atoms. The quantitative estimate of drug-likeness (QED) is 0.549. The van der Waals surface area contributed by atoms with Gasteiger partial charge in [-0.15, -0.1) is 0 Å². The summed E-state index contributed by atoms with van der Waals surface area (Å²) in [4.78, 5) is 6.44. The van der Waals surface area contributed by atoms with Crippen LogP contribution in [0, 0.1) is 3.70 Å². The van der Waals surface area contributed by atoms with Gasteiger partial charge in [-0.3, -0.25) is 0 Å². The number of halogens is 1. The molecule has 0 aliphatic heterocycles. The Hall–Kier alpha value is -0.460. The van der Waals surface area contributed by atoms with Gasteiger partial charge in [-0.2, -0.15) is 4.98 Å². The molecule has 0 saturated carbocycles. The maximum Gasteiger partial charge on any atom is 0.200 e. The zero-order valence-electron chi connectivity index (χ0n) is 3.98. The first-order valence-electron chi connectivity index (χ1n) is 1.96. The molecule has 1 heterocycles. The van der Waals surface area contributed by atoms with Crippen LogP contribution in [0.2, 0.25) is 0 Å². The third kappa shape index (κ3) is 0.857. The smallest absolute Gasteiger partial charge is 0.200 e. The van der Waals surface area contributed by atoms with E-state index >= 15 is 0 Å². The van der Waals surface area contributed by atoms with Gasteiger partial charge in [0.25, 0.3) is 0 Å². The summed E-state index contributed by atoms with van der Waals surface area (Å²) in [7, 11) is 0. The maximum atomic E-state index is 5.31. The van der Waals surface area contributed by atoms with Crippen molar-refractivity contribution in [2.45, 2.75) is 0 Å². The van der Waals surface area contributed by atoms with E-state index in [-0.39, 0.29) is 0 Å². The number of hydrogen-bond acceptors (Lipinski definition) is 3. The molecule has 0 fully saturated rings. The number of aromatic amines is 1. The van der Waals surface area contributed by atoms with Crippen LogP contribution in [0.4, 0.5) is 11.8 Å². The third-order valence-corrected chi connectivity index (χ3v) is 1.53. The second kappa shape index (κ2) is 1.81. The van der Waals surface area contributed by atoms with Crippen molar-refractivity contribution in [2.24, 2.45) is 0 Å². The number of imidazole rings is 1. The van der Waals surface area contributed by atoms with Crippen LogP contribution >= 0.6 is 22.6 Å². The minimum Gasteiger partial charge on any atom is -0.381 e. The second-order valence-electron chi connectivity index (χ2n) is 1.32. The molecular weight excluding hydrogens is 219 g/mol. The molecule has 0 amide bonds. The molecule has 0 radical (unpaired) electrons. The van der Waals surface area contributed by atoms with Gasteiger partial charge < -0.3 is 16.5 Å². The molecule has 5 heteroatoms. The molecule has 0 atom stereocenters. The van der Waals surface area contributed by atoms with Crippen molar-refractivity contribution < 1.29 is 0 Å². The number of nitrogens with two attached hydrogens (primary N) is 2. The van der Waals surface area contributed by atoms with Gasteiger partial charge >= 0.3 is 0 Å². The van der Waals surface area contributed by atoms with Gasteiger partial charge in [-0.05, 0) is 22.6 Å². The highest BCUT2D eigenvalue weighted by Crippen LogP contribution is 2.10. The van der Waals surface area contributed by atoms with Crippen LogP contribution in [0.1, 0.15) is 0 Å². The third-order valence-electron chi connectivity index (χ3n) is 0.704. The number of rotatable bonds is 0. The number of anilines is 2. The van der Waals surface area contributed by atoms with Crippen LogP contribution in [0.15, 0.2) is 0 Å². The van der Waals surface area contributed by atoms with E-state index in [0.29, 0.717) is 11.8 Å². The highest BCUT2D eigenvalue weighted by molar-refractivity contribution is 14.1. The summed E-state index contributed by atoms with van der Waals surface area (Å²) >= 11 is 2.02. The predicted molar refractivity (Wildman–Crippen MR) is 40.1 cm³/mol. The average Bonchev–Trinajstić information content (AvgIpc) is 1.85. The molecule has 0 unspecified atom stereocenters. The van der Waals surface area contributed by atoms with Crippen LogP contribution in [0.3, 0.4) is 0 Å². The first-order chi connectivity index (χ1) is 3.70. The van der Waals surface area contributed by atoms with Crippen LogP contribution < -0.4 is 11.5 Å². The highest BCUT2D eigenvalue weighted by atomic mass is 127. The first kappa shape index (κ1) is 5.67. The van der Waals surface area contributed by atoms with E-state index in [1.54, 1.807) is 0 Å². The lowest BCUT2D eigenvalue weighted by molar-refractivity contribution is 1.31. The number of aromatic nitrogens is 2. The fourth-order valence-electron chi connectivity index (χ4n) is 0.383. The number of nitrogen functional groups attached to an aromatic ring is 2. The van der Waals surface area contributed by atoms with Gasteiger partial charge in [0.15, 0.2) is 11.8 Å². The summed E-state index contributed by atoms with van der Waals surface area (Å²) in [6.45, 7) is 0. The Balaban J connectivity index is 3.14. The van der Waals surface area contributed by atoms with Crippen molar-refractivity contribution in [3.8, 4) is 0 Å². The van der Waals surface area contributed by atoms with Crippen molar-refractivity contribution >= 4 is 34.4 Å². The van der Waals surface area contributed by atoms with Gasteiger partial charge in [0.05, 0.1) is 0 Å². The van der Waals surface area contributed by atoms with Gasteiger partial charge in [0.1, 0.15) is 3.70 Å². The summed E-state index contributed by atoms with van der Waals surface area (Å²) in [6.07, 6.45) is 0. The summed E-state index contributed by atoms with van der Waals surface area (Å²) in [5.74, 6) is 0.829. The zero-order valence-corrected chi connectivity index (χ0v) is 6.14. The molecule has 1 aromatic rings. The van der Waals surface area contributed by atoms with E-state index in [1.165, 1.54) is 0 Å². The minimum atomic E-state index is 0.368. The number of H-pyrrole nitrogens is 1. The lowest BCUT2D eigenvalue weighted by Crippen LogP contribution is -1.87. The Morgan fingerprint density at radius 3 is 2.25 bits per heavy atom. The first-order valence-corrected chi connectivity index (χ1v) is 3.04. The number of nitrogens with one attached hydrogen (secondary N) is 1. The largest absolute Gasteiger partial charge is 0.381 e. The topological polar surface area (TPSA) is 80.7 Å². The Bertz CT molecular complexity index is 174. The molecule has 8 heavy (non-hydrogen) atoms. The summed E-state index contributed by atoms with van der Waals surface area (Å²) in [5, 5.41) is 0. The molecule has 4 nitrogen and oxygen atoms in total. The average molecular weight is 224 g/mol. The van der Waals surface area contributed by atoms with Crippen molar-refractivity contribution in [3.05, 3.63) is 3.70 Å². The molecule has 0 aromatic carbocycles. The fraction of sp³-hybridized carbons (Fsp3) is 0. The molecular formula is C3H5IN4. The summed E-state index contributed by atoms with van der Waals surface area (Å²) in [6, 6.07) is 0. The monoisotopic (exact) mass is 224 g/mol. The lowest BCUT2D eigenvalue weighted by atomic mass is 10.8. The van der Waals surface area contributed by atoms with Crippen LogP contribution in [-0.2, 0) is 0 Å². The molecule has 1 aromatic heterocycles. The Morgan fingerprint density at radius 2 is 2.12 bits per heavy atom. The number of hydrogen-bond donors (Lipinski definition) is 3. The number of nitrogens with zero attached hydrogens (tertiary/aromatic N) is 1. The standard InChI is InChI=1S/C3H5IN4/c4-1-2(5)8-3(6)7-1/h5H2,(H3,6,7,8). The molecule has 0 aliphatic rings. The van der Waals surface area contributed by atoms with E-state index in [4.69, 9.17) is 11.5 Å². The summed E-state index contributed by atoms with van der Waals surface area (Å²) in [5.41, 5.74) is 10.5. The molecule has 0 aliphatic carbocycles. The lowest BCUT2D eigenvalue weighted by Gasteiger charge is -1.77. The Kier molecular flexibility index (Phi) is 1.28. The van der Waals surface area contributed by atoms with Gasteiger partial charge in [-0.1, -0.05) is 0 Å². The van der Waals surface area contributed by atoms with E-state index in [1.807, 2.05) is 22.6 Å². The SMILES string of the molecule is Nc1nc(N)c(I)[nH]1. The molecule has 0 saturated heterocycles. The molecule has 0 spiro atoms. The van der Waals surface area contributed by atoms with E-state index < -0.39 is 0 Å². The van der Waals surface area contributed by atoms with Crippen molar-refractivity contribution in [2.75, 3.05) is 11.5 Å². The normalized spacial score (nSPS) is 9.62. The second-order valence-corrected chi connectivity index (χ2v) is 2.40. The van der Waals surface area contributed by atoms with Crippen molar-refractivity contribution in [3.63, 3.8) is 0 Å². The molecule has 44 valence electrons. The zero-order chi connectivity index (χ0) is 6.15.